The molecule has 55 heavy (non-hydrogen) atoms. The number of aromatic nitrogens is 3. The molecule has 8 bridgehead atoms. The molecule has 4 atom stereocenters. The lowest BCUT2D eigenvalue weighted by Crippen LogP contribution is -2.56. The van der Waals surface area contributed by atoms with Crippen LogP contribution in [0.5, 0.6) is 0 Å². The van der Waals surface area contributed by atoms with Crippen LogP contribution in [-0.4, -0.2) is 149 Å². The molecule has 13 nitrogen and oxygen atoms in total. The molecule has 14 heteroatoms. The third-order valence-electron chi connectivity index (χ3n) is 10.6. The van der Waals surface area contributed by atoms with E-state index in [0.717, 1.165) is 93.8 Å². The maximum Gasteiger partial charge on any atom is 0.236 e. The van der Waals surface area contributed by atoms with E-state index in [1.807, 2.05) is 43.5 Å². The van der Waals surface area contributed by atoms with Gasteiger partial charge >= 0.3 is 0 Å². The van der Waals surface area contributed by atoms with Crippen LogP contribution in [0.4, 0.5) is 17.5 Å². The van der Waals surface area contributed by atoms with E-state index in [1.54, 1.807) is 0 Å². The lowest BCUT2D eigenvalue weighted by molar-refractivity contribution is -0.170. The minimum Gasteiger partial charge on any atom is -0.377 e. The Bertz CT molecular complexity index is 1640. The van der Waals surface area contributed by atoms with E-state index in [2.05, 4.69) is 69.6 Å². The zero-order chi connectivity index (χ0) is 38.6. The average Bonchev–Trinajstić information content (AvgIpc) is 3.18. The van der Waals surface area contributed by atoms with E-state index < -0.39 is 8.07 Å². The van der Waals surface area contributed by atoms with Crippen LogP contribution in [0, 0.1) is 0 Å². The Kier molecular flexibility index (Phi) is 15.0. The van der Waals surface area contributed by atoms with Gasteiger partial charge in [0, 0.05) is 104 Å². The van der Waals surface area contributed by atoms with Crippen molar-refractivity contribution in [3.05, 3.63) is 60.4 Å². The first-order chi connectivity index (χ1) is 26.6. The second-order valence-electron chi connectivity index (χ2n) is 16.3. The van der Waals surface area contributed by atoms with Crippen LogP contribution in [-0.2, 0) is 30.3 Å². The second-order valence-corrected chi connectivity index (χ2v) is 21.9. The van der Waals surface area contributed by atoms with Crippen molar-refractivity contribution < 1.29 is 23.7 Å². The van der Waals surface area contributed by atoms with Crippen molar-refractivity contribution in [3.8, 4) is 11.3 Å². The fourth-order valence-corrected chi connectivity index (χ4v) is 7.86. The lowest BCUT2D eigenvalue weighted by atomic mass is 10.1. The van der Waals surface area contributed by atoms with Crippen LogP contribution in [0.15, 0.2) is 54.9 Å². The predicted octanol–water partition coefficient (Wildman–Crippen LogP) is 5.33. The van der Waals surface area contributed by atoms with Crippen molar-refractivity contribution in [2.45, 2.75) is 70.2 Å². The summed E-state index contributed by atoms with van der Waals surface area (Å²) in [6, 6.07) is 15.8. The fourth-order valence-electron chi connectivity index (χ4n) is 7.11. The molecule has 2 aromatic heterocycles. The summed E-state index contributed by atoms with van der Waals surface area (Å²) in [6.07, 6.45) is 7.57. The Hall–Kier alpha value is -3.50. The first-order valence-corrected chi connectivity index (χ1v) is 23.8. The predicted molar refractivity (Wildman–Crippen MR) is 219 cm³/mol. The van der Waals surface area contributed by atoms with Gasteiger partial charge in [0.1, 0.15) is 12.5 Å². The molecule has 4 unspecified atom stereocenters. The summed E-state index contributed by atoms with van der Waals surface area (Å²) in [6.45, 7) is 15.4. The largest absolute Gasteiger partial charge is 0.377 e. The first kappa shape index (κ1) is 41.1. The average molecular weight is 775 g/mol. The molecule has 3 aromatic rings. The van der Waals surface area contributed by atoms with Gasteiger partial charge in [0.05, 0.1) is 32.1 Å². The Labute approximate surface area is 328 Å². The molecular formula is C41H62N8O5Si. The number of anilines is 3. The van der Waals surface area contributed by atoms with E-state index in [9.17, 15) is 4.79 Å². The van der Waals surface area contributed by atoms with E-state index in [-0.39, 0.29) is 18.2 Å². The number of hydrogen-bond donors (Lipinski definition) is 0. The molecule has 9 rings (SSSR count). The number of hydrogen-bond acceptors (Lipinski definition) is 12. The van der Waals surface area contributed by atoms with Crippen molar-refractivity contribution in [1.82, 2.24) is 29.7 Å². The number of carbonyl (C=O) groups is 1. The van der Waals surface area contributed by atoms with Crippen molar-refractivity contribution in [1.29, 1.82) is 0 Å². The highest BCUT2D eigenvalue weighted by Gasteiger charge is 2.29. The Morgan fingerprint density at radius 1 is 0.891 bits per heavy atom. The molecule has 1 amide bonds. The molecule has 0 radical (unpaired) electrons. The molecule has 2 fully saturated rings. The van der Waals surface area contributed by atoms with E-state index in [1.165, 1.54) is 5.56 Å². The van der Waals surface area contributed by atoms with Gasteiger partial charge in [0.25, 0.3) is 0 Å². The molecule has 0 spiro atoms. The molecule has 2 saturated heterocycles. The third kappa shape index (κ3) is 12.5. The van der Waals surface area contributed by atoms with Crippen LogP contribution in [0.2, 0.25) is 25.7 Å². The number of piperazine rings is 1. The zero-order valence-corrected chi connectivity index (χ0v) is 34.7. The zero-order valence-electron chi connectivity index (χ0n) is 33.7. The summed E-state index contributed by atoms with van der Waals surface area (Å²) in [5.41, 5.74) is 3.86. The van der Waals surface area contributed by atoms with Crippen LogP contribution >= 0.6 is 0 Å². The van der Waals surface area contributed by atoms with Gasteiger partial charge in [-0.05, 0) is 67.6 Å². The Balaban J connectivity index is 1.24. The highest BCUT2D eigenvalue weighted by molar-refractivity contribution is 6.76. The van der Waals surface area contributed by atoms with Crippen LogP contribution in [0.25, 0.3) is 11.3 Å². The summed E-state index contributed by atoms with van der Waals surface area (Å²) in [5.74, 6) is 1.59. The van der Waals surface area contributed by atoms with Crippen LogP contribution < -0.4 is 9.80 Å². The van der Waals surface area contributed by atoms with Gasteiger partial charge in [-0.3, -0.25) is 19.5 Å². The van der Waals surface area contributed by atoms with Gasteiger partial charge in [-0.25, -0.2) is 15.0 Å². The molecule has 8 heterocycles. The molecule has 300 valence electrons. The van der Waals surface area contributed by atoms with Crippen molar-refractivity contribution >= 4 is 31.4 Å². The monoisotopic (exact) mass is 774 g/mol. The minimum atomic E-state index is -1.27. The summed E-state index contributed by atoms with van der Waals surface area (Å²) < 4.78 is 24.3. The lowest BCUT2D eigenvalue weighted by Gasteiger charge is -2.41. The molecule has 6 aliphatic heterocycles. The highest BCUT2D eigenvalue weighted by atomic mass is 28.3. The molecule has 0 N–H and O–H groups in total. The Morgan fingerprint density at radius 3 is 2.56 bits per heavy atom. The normalized spacial score (nSPS) is 23.0. The molecule has 0 saturated carbocycles. The Morgan fingerprint density at radius 2 is 1.76 bits per heavy atom. The van der Waals surface area contributed by atoms with Gasteiger partial charge in [0.15, 0.2) is 6.29 Å². The van der Waals surface area contributed by atoms with Gasteiger partial charge < -0.3 is 28.7 Å². The molecule has 1 aromatic carbocycles. The highest BCUT2D eigenvalue weighted by Crippen LogP contribution is 2.28. The number of ether oxygens (including phenoxy) is 4. The van der Waals surface area contributed by atoms with E-state index >= 15 is 0 Å². The van der Waals surface area contributed by atoms with Crippen molar-refractivity contribution in [2.24, 2.45) is 0 Å². The number of benzene rings is 1. The molecular weight excluding hydrogens is 713 g/mol. The summed E-state index contributed by atoms with van der Waals surface area (Å²) in [7, 11) is 2.68. The van der Waals surface area contributed by atoms with Crippen molar-refractivity contribution in [2.75, 3.05) is 103 Å². The SMILES string of the molecule is CN1CCCN(C)c2ccc(cn2)-c2ccnc(n2)N(COCC[Si](C)(C)C)c2cccc(c2)CN2CCN(CC1=O)CC2COCCOC1CCCCO1. The minimum absolute atomic E-state index is 0.106. The second kappa shape index (κ2) is 20.1. The third-order valence-corrected chi connectivity index (χ3v) is 12.3. The summed E-state index contributed by atoms with van der Waals surface area (Å²) >= 11 is 0. The van der Waals surface area contributed by atoms with Crippen LogP contribution in [0.3, 0.4) is 0 Å². The standard InChI is InChI=1S/C41H62N8O5Si/c1-45-17-9-18-46(2)39(50)30-47-19-20-48(36(29-47)31-51-22-23-54-40-12-6-7-21-53-40)28-33-10-8-11-35(26-33)49(32-52-24-25-55(3,4)5)41-42-16-15-37(44-41)34-13-14-38(45)43-27-34/h8,10-11,13-16,26-27,36,40H,6-7,9,12,17-25,28-32H2,1-5H3. The molecule has 0 aliphatic carbocycles. The maximum atomic E-state index is 13.4. The number of nitrogens with zero attached hydrogens (tertiary/aromatic N) is 8. The van der Waals surface area contributed by atoms with Gasteiger partial charge in [-0.15, -0.1) is 0 Å². The number of rotatable bonds is 11. The van der Waals surface area contributed by atoms with E-state index in [4.69, 9.17) is 33.9 Å². The quantitative estimate of drug-likeness (QED) is 0.186. The number of amides is 1. The van der Waals surface area contributed by atoms with Gasteiger partial charge in [0.2, 0.25) is 11.9 Å². The molecule has 6 aliphatic rings. The van der Waals surface area contributed by atoms with Gasteiger partial charge in [-0.2, -0.15) is 0 Å². The topological polar surface area (TPSA) is 109 Å². The number of carbonyl (C=O) groups excluding carboxylic acids is 1. The fraction of sp³-hybridized carbons (Fsp3) is 0.610. The summed E-state index contributed by atoms with van der Waals surface area (Å²) in [5, 5.41) is 0. The van der Waals surface area contributed by atoms with Gasteiger partial charge in [-0.1, -0.05) is 31.8 Å². The summed E-state index contributed by atoms with van der Waals surface area (Å²) in [4.78, 5) is 38.9. The maximum absolute atomic E-state index is 13.4. The van der Waals surface area contributed by atoms with Crippen LogP contribution in [0.1, 0.15) is 31.2 Å². The number of likely N-dealkylation sites (N-methyl/N-ethyl adjacent to an activating group) is 1. The van der Waals surface area contributed by atoms with E-state index in [0.29, 0.717) is 52.2 Å². The number of pyridine rings is 1. The smallest absolute Gasteiger partial charge is 0.236 e. The van der Waals surface area contributed by atoms with Crippen molar-refractivity contribution in [3.63, 3.8) is 0 Å². The first-order valence-electron chi connectivity index (χ1n) is 20.1.